The van der Waals surface area contributed by atoms with Gasteiger partial charge in [0.15, 0.2) is 0 Å². The molecule has 0 radical (unpaired) electrons. The van der Waals surface area contributed by atoms with Crippen LogP contribution in [0.2, 0.25) is 0 Å². The third-order valence-corrected chi connectivity index (χ3v) is 4.18. The van der Waals surface area contributed by atoms with Crippen LogP contribution >= 0.6 is 0 Å². The summed E-state index contributed by atoms with van der Waals surface area (Å²) in [5.74, 6) is 0.121. The standard InChI is InChI=1S/C15H22N6O2/c22-8-7-20-10-13(17-18-20)9-14-3-1-2-5-21(14)15(23)11-19-6-4-16-12-19/h4,6,10,12,14,22H,1-3,5,7-9,11H2. The van der Waals surface area contributed by atoms with Gasteiger partial charge in [0.1, 0.15) is 6.54 Å². The average molecular weight is 318 g/mol. The summed E-state index contributed by atoms with van der Waals surface area (Å²) in [5.41, 5.74) is 0.866. The Kier molecular flexibility index (Phi) is 5.02. The predicted octanol–water partition coefficient (Wildman–Crippen LogP) is 0.0907. The van der Waals surface area contributed by atoms with Gasteiger partial charge in [-0.2, -0.15) is 0 Å². The number of hydrogen-bond donors (Lipinski definition) is 1. The lowest BCUT2D eigenvalue weighted by Crippen LogP contribution is -2.46. The van der Waals surface area contributed by atoms with E-state index in [4.69, 9.17) is 5.11 Å². The first-order valence-electron chi connectivity index (χ1n) is 8.01. The summed E-state index contributed by atoms with van der Waals surface area (Å²) < 4.78 is 3.43. The van der Waals surface area contributed by atoms with Gasteiger partial charge in [0.2, 0.25) is 5.91 Å². The number of imidazole rings is 1. The molecule has 2 aromatic heterocycles. The molecule has 0 aliphatic carbocycles. The first kappa shape index (κ1) is 15.7. The van der Waals surface area contributed by atoms with Crippen molar-refractivity contribution in [3.63, 3.8) is 0 Å². The van der Waals surface area contributed by atoms with Crippen molar-refractivity contribution in [2.24, 2.45) is 0 Å². The lowest BCUT2D eigenvalue weighted by Gasteiger charge is -2.35. The molecule has 124 valence electrons. The smallest absolute Gasteiger partial charge is 0.242 e. The molecule has 1 aliphatic heterocycles. The second-order valence-electron chi connectivity index (χ2n) is 5.87. The van der Waals surface area contributed by atoms with Crippen molar-refractivity contribution in [2.45, 2.75) is 44.8 Å². The number of amides is 1. The van der Waals surface area contributed by atoms with E-state index in [0.29, 0.717) is 19.5 Å². The second kappa shape index (κ2) is 7.36. The highest BCUT2D eigenvalue weighted by Crippen LogP contribution is 2.20. The number of carbonyl (C=O) groups excluding carboxylic acids is 1. The van der Waals surface area contributed by atoms with Crippen molar-refractivity contribution in [1.29, 1.82) is 0 Å². The molecule has 1 aliphatic rings. The van der Waals surface area contributed by atoms with Crippen molar-refractivity contribution in [1.82, 2.24) is 29.4 Å². The van der Waals surface area contributed by atoms with Gasteiger partial charge in [0, 0.05) is 37.6 Å². The van der Waals surface area contributed by atoms with Crippen LogP contribution in [-0.2, 0) is 24.3 Å². The first-order chi connectivity index (χ1) is 11.3. The molecule has 2 aromatic rings. The maximum atomic E-state index is 12.6. The molecule has 1 saturated heterocycles. The molecule has 23 heavy (non-hydrogen) atoms. The lowest BCUT2D eigenvalue weighted by atomic mass is 9.98. The van der Waals surface area contributed by atoms with Gasteiger partial charge in [0.05, 0.1) is 25.2 Å². The molecule has 8 nitrogen and oxygen atoms in total. The Labute approximate surface area is 134 Å². The zero-order valence-corrected chi connectivity index (χ0v) is 13.1. The number of aromatic nitrogens is 5. The van der Waals surface area contributed by atoms with Crippen LogP contribution in [0.4, 0.5) is 0 Å². The molecule has 3 heterocycles. The molecule has 0 spiro atoms. The number of rotatable bonds is 6. The van der Waals surface area contributed by atoms with Crippen molar-refractivity contribution >= 4 is 5.91 Å². The van der Waals surface area contributed by atoms with Gasteiger partial charge in [-0.3, -0.25) is 4.79 Å². The van der Waals surface area contributed by atoms with Crippen LogP contribution in [0.1, 0.15) is 25.0 Å². The Balaban J connectivity index is 1.64. The Morgan fingerprint density at radius 1 is 1.39 bits per heavy atom. The molecule has 3 rings (SSSR count). The van der Waals surface area contributed by atoms with E-state index in [1.165, 1.54) is 0 Å². The summed E-state index contributed by atoms with van der Waals surface area (Å²) in [6.45, 7) is 1.61. The highest BCUT2D eigenvalue weighted by Gasteiger charge is 2.27. The minimum absolute atomic E-state index is 0.0434. The molecule has 0 saturated carbocycles. The van der Waals surface area contributed by atoms with Gasteiger partial charge >= 0.3 is 0 Å². The normalized spacial score (nSPS) is 18.3. The van der Waals surface area contributed by atoms with E-state index in [9.17, 15) is 4.79 Å². The van der Waals surface area contributed by atoms with E-state index in [-0.39, 0.29) is 18.6 Å². The predicted molar refractivity (Wildman–Crippen MR) is 82.4 cm³/mol. The third-order valence-electron chi connectivity index (χ3n) is 4.18. The summed E-state index contributed by atoms with van der Waals surface area (Å²) in [7, 11) is 0. The first-order valence-corrected chi connectivity index (χ1v) is 8.01. The van der Waals surface area contributed by atoms with Crippen LogP contribution in [-0.4, -0.2) is 59.7 Å². The lowest BCUT2D eigenvalue weighted by molar-refractivity contribution is -0.135. The zero-order chi connectivity index (χ0) is 16.1. The molecule has 1 unspecified atom stereocenters. The van der Waals surface area contributed by atoms with Crippen LogP contribution in [0.15, 0.2) is 24.9 Å². The van der Waals surface area contributed by atoms with Crippen molar-refractivity contribution in [3.8, 4) is 0 Å². The number of carbonyl (C=O) groups is 1. The van der Waals surface area contributed by atoms with E-state index in [2.05, 4.69) is 15.3 Å². The van der Waals surface area contributed by atoms with E-state index >= 15 is 0 Å². The van der Waals surface area contributed by atoms with Crippen LogP contribution in [0.25, 0.3) is 0 Å². The zero-order valence-electron chi connectivity index (χ0n) is 13.1. The highest BCUT2D eigenvalue weighted by atomic mass is 16.3. The van der Waals surface area contributed by atoms with Crippen LogP contribution in [0.3, 0.4) is 0 Å². The summed E-state index contributed by atoms with van der Waals surface area (Å²) in [6.07, 6.45) is 10.9. The summed E-state index contributed by atoms with van der Waals surface area (Å²) >= 11 is 0. The van der Waals surface area contributed by atoms with E-state index in [0.717, 1.165) is 31.5 Å². The Morgan fingerprint density at radius 3 is 3.09 bits per heavy atom. The fourth-order valence-corrected chi connectivity index (χ4v) is 3.05. The average Bonchev–Trinajstić information content (AvgIpc) is 3.20. The van der Waals surface area contributed by atoms with Gasteiger partial charge < -0.3 is 14.6 Å². The van der Waals surface area contributed by atoms with Gasteiger partial charge in [-0.15, -0.1) is 5.10 Å². The molecule has 1 fully saturated rings. The topological polar surface area (TPSA) is 89.1 Å². The quantitative estimate of drug-likeness (QED) is 0.815. The van der Waals surface area contributed by atoms with Gasteiger partial charge in [-0.05, 0) is 19.3 Å². The molecule has 0 bridgehead atoms. The minimum atomic E-state index is 0.0434. The van der Waals surface area contributed by atoms with Crippen molar-refractivity contribution in [2.75, 3.05) is 13.2 Å². The SMILES string of the molecule is O=C(Cn1ccnc1)N1CCCCC1Cc1cn(CCO)nn1. The maximum Gasteiger partial charge on any atom is 0.242 e. The van der Waals surface area contributed by atoms with E-state index in [1.807, 2.05) is 11.1 Å². The number of piperidine rings is 1. The molecule has 1 amide bonds. The maximum absolute atomic E-state index is 12.6. The molecular formula is C15H22N6O2. The van der Waals surface area contributed by atoms with Gasteiger partial charge in [-0.1, -0.05) is 5.21 Å². The number of hydrogen-bond acceptors (Lipinski definition) is 5. The fraction of sp³-hybridized carbons (Fsp3) is 0.600. The molecular weight excluding hydrogens is 296 g/mol. The van der Waals surface area contributed by atoms with Crippen molar-refractivity contribution in [3.05, 3.63) is 30.6 Å². The van der Waals surface area contributed by atoms with Gasteiger partial charge in [0.25, 0.3) is 0 Å². The molecule has 1 atom stereocenters. The number of aliphatic hydroxyl groups excluding tert-OH is 1. The van der Waals surface area contributed by atoms with Crippen LogP contribution in [0.5, 0.6) is 0 Å². The minimum Gasteiger partial charge on any atom is -0.394 e. The number of aliphatic hydroxyl groups is 1. The Morgan fingerprint density at radius 2 is 2.30 bits per heavy atom. The highest BCUT2D eigenvalue weighted by molar-refractivity contribution is 5.76. The third kappa shape index (κ3) is 3.95. The Bertz CT molecular complexity index is 624. The van der Waals surface area contributed by atoms with Crippen LogP contribution in [0, 0.1) is 0 Å². The second-order valence-corrected chi connectivity index (χ2v) is 5.87. The van der Waals surface area contributed by atoms with Crippen molar-refractivity contribution < 1.29 is 9.90 Å². The fourth-order valence-electron chi connectivity index (χ4n) is 3.05. The Hall–Kier alpha value is -2.22. The summed E-state index contributed by atoms with van der Waals surface area (Å²) in [6, 6.07) is 0.166. The summed E-state index contributed by atoms with van der Waals surface area (Å²) in [4.78, 5) is 18.5. The molecule has 8 heteroatoms. The number of nitrogens with zero attached hydrogens (tertiary/aromatic N) is 6. The summed E-state index contributed by atoms with van der Waals surface area (Å²) in [5, 5.41) is 17.1. The van der Waals surface area contributed by atoms with E-state index in [1.54, 1.807) is 28.0 Å². The molecule has 0 aromatic carbocycles. The van der Waals surface area contributed by atoms with E-state index < -0.39 is 0 Å². The number of likely N-dealkylation sites (tertiary alicyclic amines) is 1. The monoisotopic (exact) mass is 318 g/mol. The molecule has 1 N–H and O–H groups in total. The van der Waals surface area contributed by atoms with Gasteiger partial charge in [-0.25, -0.2) is 9.67 Å². The van der Waals surface area contributed by atoms with Crippen LogP contribution < -0.4 is 0 Å². The largest absolute Gasteiger partial charge is 0.394 e.